The van der Waals surface area contributed by atoms with Crippen molar-refractivity contribution in [2.45, 2.75) is 52.5 Å². The van der Waals surface area contributed by atoms with Crippen molar-refractivity contribution in [2.75, 3.05) is 18.0 Å². The summed E-state index contributed by atoms with van der Waals surface area (Å²) >= 11 is 0. The van der Waals surface area contributed by atoms with Crippen LogP contribution in [0.5, 0.6) is 0 Å². The third kappa shape index (κ3) is 4.95. The predicted molar refractivity (Wildman–Crippen MR) is 104 cm³/mol. The molecule has 2 rings (SSSR count). The van der Waals surface area contributed by atoms with Crippen molar-refractivity contribution in [1.29, 1.82) is 0 Å². The first-order chi connectivity index (χ1) is 11.6. The number of carbonyl (C=O) groups excluding carboxylic acids is 2. The summed E-state index contributed by atoms with van der Waals surface area (Å²) in [6.07, 6.45) is 4.15. The van der Waals surface area contributed by atoms with Gasteiger partial charge in [0.2, 0.25) is 11.8 Å². The van der Waals surface area contributed by atoms with Crippen LogP contribution in [0.3, 0.4) is 0 Å². The van der Waals surface area contributed by atoms with E-state index >= 15 is 0 Å². The minimum atomic E-state index is -0.472. The van der Waals surface area contributed by atoms with E-state index in [1.54, 1.807) is 0 Å². The third-order valence-corrected chi connectivity index (χ3v) is 5.25. The molecule has 1 aromatic rings. The fourth-order valence-electron chi connectivity index (χ4n) is 3.19. The highest BCUT2D eigenvalue weighted by molar-refractivity contribution is 5.94. The molecule has 0 aliphatic carbocycles. The summed E-state index contributed by atoms with van der Waals surface area (Å²) in [4.78, 5) is 26.3. The highest BCUT2D eigenvalue weighted by Crippen LogP contribution is 2.25. The SMILES string of the molecule is CCC(CC)(CN)C(=O)NCc1ccc(N2CCCCC2=O)cc1.Cl. The van der Waals surface area contributed by atoms with Gasteiger partial charge >= 0.3 is 0 Å². The van der Waals surface area contributed by atoms with Gasteiger partial charge in [0.15, 0.2) is 0 Å². The van der Waals surface area contributed by atoms with E-state index in [-0.39, 0.29) is 24.2 Å². The molecule has 140 valence electrons. The minimum Gasteiger partial charge on any atom is -0.352 e. The van der Waals surface area contributed by atoms with Crippen LogP contribution < -0.4 is 16.0 Å². The molecule has 5 nitrogen and oxygen atoms in total. The molecule has 0 bridgehead atoms. The molecule has 0 aromatic heterocycles. The van der Waals surface area contributed by atoms with Gasteiger partial charge in [-0.25, -0.2) is 0 Å². The van der Waals surface area contributed by atoms with E-state index in [9.17, 15) is 9.59 Å². The second-order valence-electron chi connectivity index (χ2n) is 6.54. The van der Waals surface area contributed by atoms with Gasteiger partial charge in [-0.3, -0.25) is 9.59 Å². The standard InChI is InChI=1S/C19H29N3O2.ClH/c1-3-19(4-2,14-20)18(24)21-13-15-8-10-16(11-9-15)22-12-6-5-7-17(22)23;/h8-11H,3-7,12-14,20H2,1-2H3,(H,21,24);1H. The van der Waals surface area contributed by atoms with Crippen LogP contribution in [0, 0.1) is 5.41 Å². The van der Waals surface area contributed by atoms with E-state index in [4.69, 9.17) is 5.73 Å². The van der Waals surface area contributed by atoms with E-state index in [2.05, 4.69) is 5.32 Å². The van der Waals surface area contributed by atoms with Crippen LogP contribution in [0.25, 0.3) is 0 Å². The minimum absolute atomic E-state index is 0. The molecule has 1 heterocycles. The highest BCUT2D eigenvalue weighted by atomic mass is 35.5. The van der Waals surface area contributed by atoms with Gasteiger partial charge in [0.05, 0.1) is 5.41 Å². The van der Waals surface area contributed by atoms with Crippen LogP contribution >= 0.6 is 12.4 Å². The Hall–Kier alpha value is -1.59. The van der Waals surface area contributed by atoms with Crippen LogP contribution in [0.15, 0.2) is 24.3 Å². The molecule has 0 atom stereocenters. The molecule has 0 spiro atoms. The van der Waals surface area contributed by atoms with Crippen LogP contribution in [0.2, 0.25) is 0 Å². The molecule has 1 aliphatic heterocycles. The summed E-state index contributed by atoms with van der Waals surface area (Å²) < 4.78 is 0. The summed E-state index contributed by atoms with van der Waals surface area (Å²) in [6.45, 7) is 5.64. The zero-order valence-electron chi connectivity index (χ0n) is 15.2. The summed E-state index contributed by atoms with van der Waals surface area (Å²) in [7, 11) is 0. The van der Waals surface area contributed by atoms with Crippen molar-refractivity contribution in [3.63, 3.8) is 0 Å². The fraction of sp³-hybridized carbons (Fsp3) is 0.579. The Morgan fingerprint density at radius 2 is 1.84 bits per heavy atom. The number of nitrogens with one attached hydrogen (secondary N) is 1. The van der Waals surface area contributed by atoms with E-state index in [1.165, 1.54) is 0 Å². The summed E-state index contributed by atoms with van der Waals surface area (Å²) in [5.41, 5.74) is 7.30. The molecule has 2 amide bonds. The second kappa shape index (κ2) is 9.78. The van der Waals surface area contributed by atoms with Crippen molar-refractivity contribution in [3.8, 4) is 0 Å². The van der Waals surface area contributed by atoms with Crippen molar-refractivity contribution in [3.05, 3.63) is 29.8 Å². The van der Waals surface area contributed by atoms with Crippen LogP contribution in [-0.2, 0) is 16.1 Å². The fourth-order valence-corrected chi connectivity index (χ4v) is 3.19. The van der Waals surface area contributed by atoms with E-state index < -0.39 is 5.41 Å². The maximum absolute atomic E-state index is 12.4. The zero-order chi connectivity index (χ0) is 17.6. The average Bonchev–Trinajstić information content (AvgIpc) is 2.63. The number of halogens is 1. The number of benzene rings is 1. The summed E-state index contributed by atoms with van der Waals surface area (Å²) in [5, 5.41) is 3.00. The first-order valence-electron chi connectivity index (χ1n) is 8.94. The van der Waals surface area contributed by atoms with Gasteiger partial charge in [-0.05, 0) is 43.4 Å². The molecular formula is C19H30ClN3O2. The lowest BCUT2D eigenvalue weighted by Gasteiger charge is -2.28. The Morgan fingerprint density at radius 1 is 1.20 bits per heavy atom. The van der Waals surface area contributed by atoms with Gasteiger partial charge in [0, 0.05) is 31.7 Å². The predicted octanol–water partition coefficient (Wildman–Crippen LogP) is 3.01. The monoisotopic (exact) mass is 367 g/mol. The molecule has 1 saturated heterocycles. The molecule has 0 unspecified atom stereocenters. The van der Waals surface area contributed by atoms with Gasteiger partial charge in [-0.15, -0.1) is 12.4 Å². The van der Waals surface area contributed by atoms with Crippen molar-refractivity contribution < 1.29 is 9.59 Å². The molecule has 1 aromatic carbocycles. The molecule has 0 radical (unpaired) electrons. The lowest BCUT2D eigenvalue weighted by Crippen LogP contribution is -2.45. The lowest BCUT2D eigenvalue weighted by molar-refractivity contribution is -0.131. The van der Waals surface area contributed by atoms with Gasteiger partial charge in [-0.2, -0.15) is 0 Å². The van der Waals surface area contributed by atoms with Crippen molar-refractivity contribution in [2.24, 2.45) is 11.1 Å². The molecule has 1 fully saturated rings. The lowest BCUT2D eigenvalue weighted by atomic mass is 9.81. The van der Waals surface area contributed by atoms with E-state index in [0.29, 0.717) is 19.5 Å². The van der Waals surface area contributed by atoms with Crippen molar-refractivity contribution in [1.82, 2.24) is 5.32 Å². The van der Waals surface area contributed by atoms with Crippen LogP contribution in [0.4, 0.5) is 5.69 Å². The van der Waals surface area contributed by atoms with Crippen LogP contribution in [-0.4, -0.2) is 24.9 Å². The Morgan fingerprint density at radius 3 is 2.36 bits per heavy atom. The number of carbonyl (C=O) groups is 2. The highest BCUT2D eigenvalue weighted by Gasteiger charge is 2.32. The average molecular weight is 368 g/mol. The van der Waals surface area contributed by atoms with Gasteiger partial charge in [-0.1, -0.05) is 26.0 Å². The molecular weight excluding hydrogens is 338 g/mol. The molecule has 6 heteroatoms. The summed E-state index contributed by atoms with van der Waals surface area (Å²) in [6, 6.07) is 7.86. The second-order valence-corrected chi connectivity index (χ2v) is 6.54. The van der Waals surface area contributed by atoms with E-state index in [1.807, 2.05) is 43.0 Å². The zero-order valence-corrected chi connectivity index (χ0v) is 16.0. The Kier molecular flexibility index (Phi) is 8.39. The number of amides is 2. The Labute approximate surface area is 156 Å². The van der Waals surface area contributed by atoms with Gasteiger partial charge in [0.25, 0.3) is 0 Å². The quantitative estimate of drug-likeness (QED) is 0.777. The largest absolute Gasteiger partial charge is 0.352 e. The maximum atomic E-state index is 12.4. The normalized spacial score (nSPS) is 14.8. The maximum Gasteiger partial charge on any atom is 0.227 e. The number of rotatable bonds is 7. The Bertz CT molecular complexity index is 562. The molecule has 1 aliphatic rings. The first kappa shape index (κ1) is 21.5. The van der Waals surface area contributed by atoms with E-state index in [0.717, 1.165) is 43.5 Å². The van der Waals surface area contributed by atoms with Crippen LogP contribution in [0.1, 0.15) is 51.5 Å². The number of piperidine rings is 1. The molecule has 3 N–H and O–H groups in total. The molecule has 25 heavy (non-hydrogen) atoms. The molecule has 0 saturated carbocycles. The smallest absolute Gasteiger partial charge is 0.227 e. The van der Waals surface area contributed by atoms with Crippen molar-refractivity contribution >= 4 is 29.9 Å². The first-order valence-corrected chi connectivity index (χ1v) is 8.94. The number of anilines is 1. The Balaban J connectivity index is 0.00000312. The van der Waals surface area contributed by atoms with Gasteiger partial charge < -0.3 is 16.0 Å². The number of hydrogen-bond donors (Lipinski definition) is 2. The van der Waals surface area contributed by atoms with Gasteiger partial charge in [0.1, 0.15) is 0 Å². The number of nitrogens with zero attached hydrogens (tertiary/aromatic N) is 1. The summed E-state index contributed by atoms with van der Waals surface area (Å²) in [5.74, 6) is 0.214. The number of hydrogen-bond acceptors (Lipinski definition) is 3. The third-order valence-electron chi connectivity index (χ3n) is 5.25. The number of nitrogens with two attached hydrogens (primary N) is 1. The topological polar surface area (TPSA) is 75.4 Å².